The van der Waals surface area contributed by atoms with Gasteiger partial charge < -0.3 is 5.32 Å². The van der Waals surface area contributed by atoms with Gasteiger partial charge in [0.2, 0.25) is 15.9 Å². The topological polar surface area (TPSA) is 108 Å². The SMILES string of the molecule is CCCCn1nccc1NC(=O)C1CCN(S(=O)(=O)c2ccc(C#N)cc2)CC1. The Balaban J connectivity index is 1.59. The standard InChI is InChI=1S/C20H25N5O3S/c1-2-3-12-25-19(8-11-22-25)23-20(26)17-9-13-24(14-10-17)29(27,28)18-6-4-16(15-21)5-7-18/h4-8,11,17H,2-3,9-10,12-14H2,1H3,(H,23,26). The predicted molar refractivity (Wildman–Crippen MR) is 108 cm³/mol. The number of piperidine rings is 1. The van der Waals surface area contributed by atoms with E-state index in [4.69, 9.17) is 5.26 Å². The van der Waals surface area contributed by atoms with Gasteiger partial charge in [-0.3, -0.25) is 4.79 Å². The van der Waals surface area contributed by atoms with E-state index in [0.717, 1.165) is 19.4 Å². The Morgan fingerprint density at radius 2 is 1.93 bits per heavy atom. The van der Waals surface area contributed by atoms with Crippen LogP contribution in [-0.4, -0.2) is 41.5 Å². The molecule has 1 aromatic carbocycles. The Hall–Kier alpha value is -2.70. The molecule has 1 aliphatic heterocycles. The lowest BCUT2D eigenvalue weighted by Crippen LogP contribution is -2.41. The first-order chi connectivity index (χ1) is 14.0. The normalized spacial score (nSPS) is 15.7. The van der Waals surface area contributed by atoms with Gasteiger partial charge in [-0.15, -0.1) is 0 Å². The molecule has 0 bridgehead atoms. The van der Waals surface area contributed by atoms with Crippen LogP contribution in [0.1, 0.15) is 38.2 Å². The van der Waals surface area contributed by atoms with Gasteiger partial charge in [-0.1, -0.05) is 13.3 Å². The lowest BCUT2D eigenvalue weighted by atomic mass is 9.97. The number of aryl methyl sites for hydroxylation is 1. The van der Waals surface area contributed by atoms with E-state index in [0.29, 0.717) is 24.2 Å². The molecule has 0 atom stereocenters. The van der Waals surface area contributed by atoms with Crippen molar-refractivity contribution in [2.45, 2.75) is 44.0 Å². The van der Waals surface area contributed by atoms with E-state index in [9.17, 15) is 13.2 Å². The van der Waals surface area contributed by atoms with Crippen LogP contribution in [0.4, 0.5) is 5.82 Å². The summed E-state index contributed by atoms with van der Waals surface area (Å²) in [5.74, 6) is 0.340. The molecule has 1 aliphatic rings. The summed E-state index contributed by atoms with van der Waals surface area (Å²) in [7, 11) is -3.62. The maximum Gasteiger partial charge on any atom is 0.243 e. The Kier molecular flexibility index (Phi) is 6.67. The molecule has 0 saturated carbocycles. The van der Waals surface area contributed by atoms with E-state index in [-0.39, 0.29) is 29.8 Å². The van der Waals surface area contributed by atoms with E-state index in [1.54, 1.807) is 16.9 Å². The zero-order valence-corrected chi connectivity index (χ0v) is 17.2. The third kappa shape index (κ3) is 4.83. The van der Waals surface area contributed by atoms with Crippen molar-refractivity contribution in [3.63, 3.8) is 0 Å². The highest BCUT2D eigenvalue weighted by Gasteiger charge is 2.32. The molecule has 0 spiro atoms. The first-order valence-electron chi connectivity index (χ1n) is 9.78. The molecule has 2 heterocycles. The Labute approximate surface area is 171 Å². The number of carbonyl (C=O) groups excluding carboxylic acids is 1. The molecule has 0 aliphatic carbocycles. The van der Waals surface area contributed by atoms with Gasteiger partial charge in [0.25, 0.3) is 0 Å². The summed E-state index contributed by atoms with van der Waals surface area (Å²) in [6.45, 7) is 3.42. The number of carbonyl (C=O) groups is 1. The number of unbranched alkanes of at least 4 members (excludes halogenated alkanes) is 1. The maximum atomic E-state index is 12.8. The van der Waals surface area contributed by atoms with Crippen molar-refractivity contribution in [1.29, 1.82) is 5.26 Å². The van der Waals surface area contributed by atoms with Crippen LogP contribution < -0.4 is 5.32 Å². The van der Waals surface area contributed by atoms with Crippen LogP contribution in [0.5, 0.6) is 0 Å². The third-order valence-corrected chi connectivity index (χ3v) is 7.05. The number of anilines is 1. The maximum absolute atomic E-state index is 12.8. The fourth-order valence-electron chi connectivity index (χ4n) is 3.36. The monoisotopic (exact) mass is 415 g/mol. The minimum Gasteiger partial charge on any atom is -0.311 e. The van der Waals surface area contributed by atoms with Gasteiger partial charge in [0, 0.05) is 31.6 Å². The second-order valence-corrected chi connectivity index (χ2v) is 9.03. The van der Waals surface area contributed by atoms with Crippen molar-refractivity contribution < 1.29 is 13.2 Å². The van der Waals surface area contributed by atoms with Crippen LogP contribution in [0.2, 0.25) is 0 Å². The molecule has 2 aromatic rings. The summed E-state index contributed by atoms with van der Waals surface area (Å²) in [6, 6.07) is 9.64. The van der Waals surface area contributed by atoms with Gasteiger partial charge >= 0.3 is 0 Å². The molecule has 3 rings (SSSR count). The van der Waals surface area contributed by atoms with Crippen LogP contribution in [-0.2, 0) is 21.4 Å². The van der Waals surface area contributed by atoms with Crippen LogP contribution in [0.15, 0.2) is 41.4 Å². The molecule has 1 aromatic heterocycles. The lowest BCUT2D eigenvalue weighted by molar-refractivity contribution is -0.121. The van der Waals surface area contributed by atoms with Gasteiger partial charge in [-0.2, -0.15) is 14.7 Å². The molecule has 0 unspecified atom stereocenters. The van der Waals surface area contributed by atoms with E-state index < -0.39 is 10.0 Å². The van der Waals surface area contributed by atoms with Crippen molar-refractivity contribution in [2.75, 3.05) is 18.4 Å². The number of nitrogens with zero attached hydrogens (tertiary/aromatic N) is 4. The molecule has 1 N–H and O–H groups in total. The minimum atomic E-state index is -3.62. The second kappa shape index (κ2) is 9.20. The first kappa shape index (κ1) is 21.0. The number of hydrogen-bond donors (Lipinski definition) is 1. The highest BCUT2D eigenvalue weighted by atomic mass is 32.2. The van der Waals surface area contributed by atoms with E-state index in [1.165, 1.54) is 28.6 Å². The first-order valence-corrected chi connectivity index (χ1v) is 11.2. The number of amides is 1. The molecule has 0 radical (unpaired) electrons. The summed E-state index contributed by atoms with van der Waals surface area (Å²) >= 11 is 0. The molecule has 9 heteroatoms. The predicted octanol–water partition coefficient (Wildman–Crippen LogP) is 2.59. The Morgan fingerprint density at radius 1 is 1.24 bits per heavy atom. The van der Waals surface area contributed by atoms with E-state index in [1.807, 2.05) is 6.07 Å². The molecular weight excluding hydrogens is 390 g/mol. The van der Waals surface area contributed by atoms with Crippen LogP contribution in [0.3, 0.4) is 0 Å². The largest absolute Gasteiger partial charge is 0.311 e. The van der Waals surface area contributed by atoms with Crippen molar-refractivity contribution in [3.8, 4) is 6.07 Å². The van der Waals surface area contributed by atoms with Gasteiger partial charge in [0.1, 0.15) is 5.82 Å². The quantitative estimate of drug-likeness (QED) is 0.748. The minimum absolute atomic E-state index is 0.0985. The van der Waals surface area contributed by atoms with Gasteiger partial charge in [0.05, 0.1) is 22.7 Å². The number of sulfonamides is 1. The average molecular weight is 416 g/mol. The lowest BCUT2D eigenvalue weighted by Gasteiger charge is -2.30. The van der Waals surface area contributed by atoms with Crippen molar-refractivity contribution in [1.82, 2.24) is 14.1 Å². The summed E-state index contributed by atoms with van der Waals surface area (Å²) in [5, 5.41) is 16.0. The Bertz CT molecular complexity index is 984. The molecule has 1 fully saturated rings. The van der Waals surface area contributed by atoms with Gasteiger partial charge in [0.15, 0.2) is 0 Å². The Morgan fingerprint density at radius 3 is 2.55 bits per heavy atom. The molecule has 8 nitrogen and oxygen atoms in total. The second-order valence-electron chi connectivity index (χ2n) is 7.10. The number of aromatic nitrogens is 2. The summed E-state index contributed by atoms with van der Waals surface area (Å²) < 4.78 is 28.8. The highest BCUT2D eigenvalue weighted by molar-refractivity contribution is 7.89. The van der Waals surface area contributed by atoms with Crippen LogP contribution in [0, 0.1) is 17.2 Å². The number of hydrogen-bond acceptors (Lipinski definition) is 5. The van der Waals surface area contributed by atoms with Crippen molar-refractivity contribution in [2.24, 2.45) is 5.92 Å². The zero-order valence-electron chi connectivity index (χ0n) is 16.4. The van der Waals surface area contributed by atoms with E-state index in [2.05, 4.69) is 17.3 Å². The highest BCUT2D eigenvalue weighted by Crippen LogP contribution is 2.25. The summed E-state index contributed by atoms with van der Waals surface area (Å²) in [5.41, 5.74) is 0.414. The molecule has 154 valence electrons. The summed E-state index contributed by atoms with van der Waals surface area (Å²) in [4.78, 5) is 12.8. The number of nitrogens with one attached hydrogen (secondary N) is 1. The van der Waals surface area contributed by atoms with Crippen molar-refractivity contribution in [3.05, 3.63) is 42.1 Å². The average Bonchev–Trinajstić information content (AvgIpc) is 3.19. The van der Waals surface area contributed by atoms with Gasteiger partial charge in [-0.05, 0) is 43.5 Å². The zero-order chi connectivity index (χ0) is 20.9. The fourth-order valence-corrected chi connectivity index (χ4v) is 4.83. The number of benzene rings is 1. The molecule has 1 saturated heterocycles. The third-order valence-electron chi connectivity index (χ3n) is 5.14. The van der Waals surface area contributed by atoms with E-state index >= 15 is 0 Å². The number of rotatable bonds is 7. The fraction of sp³-hybridized carbons (Fsp3) is 0.450. The smallest absolute Gasteiger partial charge is 0.243 e. The van der Waals surface area contributed by atoms with Gasteiger partial charge in [-0.25, -0.2) is 13.1 Å². The van der Waals surface area contributed by atoms with Crippen LogP contribution >= 0.6 is 0 Å². The summed E-state index contributed by atoms with van der Waals surface area (Å²) in [6.07, 6.45) is 4.61. The molecular formula is C20H25N5O3S. The molecule has 1 amide bonds. The number of nitriles is 1. The van der Waals surface area contributed by atoms with Crippen molar-refractivity contribution >= 4 is 21.7 Å². The van der Waals surface area contributed by atoms with Crippen LogP contribution in [0.25, 0.3) is 0 Å². The molecule has 29 heavy (non-hydrogen) atoms.